The summed E-state index contributed by atoms with van der Waals surface area (Å²) in [5.74, 6) is 0.497. The lowest BCUT2D eigenvalue weighted by Crippen LogP contribution is -1.99. The van der Waals surface area contributed by atoms with E-state index in [1.54, 1.807) is 7.11 Å². The predicted octanol–water partition coefficient (Wildman–Crippen LogP) is 2.47. The SMILES string of the molecule is COc1cccc(C/C=C(\F)CN)c1.Cl. The molecule has 0 unspecified atom stereocenters. The highest BCUT2D eigenvalue weighted by Crippen LogP contribution is 2.13. The highest BCUT2D eigenvalue weighted by atomic mass is 35.5. The molecule has 0 spiro atoms. The standard InChI is InChI=1S/C11H14FNO.ClH/c1-14-11-4-2-3-9(7-11)5-6-10(12)8-13;/h2-4,6-7H,5,8,13H2,1H3;1H/b10-6-;. The van der Waals surface area contributed by atoms with Gasteiger partial charge in [0.1, 0.15) is 11.6 Å². The maximum absolute atomic E-state index is 12.7. The zero-order valence-corrected chi connectivity index (χ0v) is 9.39. The van der Waals surface area contributed by atoms with Crippen molar-refractivity contribution >= 4 is 12.4 Å². The summed E-state index contributed by atoms with van der Waals surface area (Å²) in [7, 11) is 1.61. The minimum Gasteiger partial charge on any atom is -0.497 e. The largest absolute Gasteiger partial charge is 0.497 e. The summed E-state index contributed by atoms with van der Waals surface area (Å²) in [6.45, 7) is -0.0377. The fraction of sp³-hybridized carbons (Fsp3) is 0.273. The molecule has 0 bridgehead atoms. The van der Waals surface area contributed by atoms with Crippen LogP contribution < -0.4 is 10.5 Å². The molecule has 0 fully saturated rings. The number of hydrogen-bond donors (Lipinski definition) is 1. The molecule has 0 heterocycles. The Labute approximate surface area is 95.3 Å². The minimum absolute atomic E-state index is 0. The quantitative estimate of drug-likeness (QED) is 0.864. The molecule has 0 aliphatic rings. The van der Waals surface area contributed by atoms with Gasteiger partial charge in [0, 0.05) is 6.54 Å². The van der Waals surface area contributed by atoms with Gasteiger partial charge in [0.05, 0.1) is 7.11 Å². The fourth-order valence-corrected chi connectivity index (χ4v) is 1.11. The summed E-state index contributed by atoms with van der Waals surface area (Å²) in [6.07, 6.45) is 2.02. The van der Waals surface area contributed by atoms with Crippen LogP contribution in [0.1, 0.15) is 5.56 Å². The van der Waals surface area contributed by atoms with E-state index in [2.05, 4.69) is 0 Å². The van der Waals surface area contributed by atoms with Crippen LogP contribution in [0.25, 0.3) is 0 Å². The zero-order valence-electron chi connectivity index (χ0n) is 8.57. The number of halogens is 2. The van der Waals surface area contributed by atoms with Crippen LogP contribution in [0.5, 0.6) is 5.75 Å². The first-order valence-corrected chi connectivity index (χ1v) is 4.44. The Balaban J connectivity index is 0.00000196. The van der Waals surface area contributed by atoms with E-state index in [1.165, 1.54) is 6.08 Å². The normalized spacial score (nSPS) is 10.7. The van der Waals surface area contributed by atoms with E-state index in [9.17, 15) is 4.39 Å². The third kappa shape index (κ3) is 4.81. The van der Waals surface area contributed by atoms with Crippen molar-refractivity contribution in [2.75, 3.05) is 13.7 Å². The summed E-state index contributed by atoms with van der Waals surface area (Å²) in [4.78, 5) is 0. The first-order valence-electron chi connectivity index (χ1n) is 4.44. The average molecular weight is 232 g/mol. The van der Waals surface area contributed by atoms with Gasteiger partial charge in [-0.15, -0.1) is 12.4 Å². The Morgan fingerprint density at radius 1 is 1.53 bits per heavy atom. The summed E-state index contributed by atoms with van der Waals surface area (Å²) < 4.78 is 17.8. The van der Waals surface area contributed by atoms with Crippen molar-refractivity contribution in [2.45, 2.75) is 6.42 Å². The van der Waals surface area contributed by atoms with E-state index >= 15 is 0 Å². The highest BCUT2D eigenvalue weighted by molar-refractivity contribution is 5.85. The summed E-state index contributed by atoms with van der Waals surface area (Å²) in [5.41, 5.74) is 6.13. The Morgan fingerprint density at radius 3 is 2.87 bits per heavy atom. The second-order valence-electron chi connectivity index (χ2n) is 2.91. The topological polar surface area (TPSA) is 35.2 Å². The molecule has 0 atom stereocenters. The Bertz CT molecular complexity index is 328. The van der Waals surface area contributed by atoms with Crippen LogP contribution >= 0.6 is 12.4 Å². The molecule has 15 heavy (non-hydrogen) atoms. The second-order valence-corrected chi connectivity index (χ2v) is 2.91. The number of methoxy groups -OCH3 is 1. The first kappa shape index (κ1) is 13.9. The van der Waals surface area contributed by atoms with Crippen molar-refractivity contribution in [3.8, 4) is 5.75 Å². The van der Waals surface area contributed by atoms with Crippen molar-refractivity contribution in [2.24, 2.45) is 5.73 Å². The molecule has 0 saturated heterocycles. The third-order valence-electron chi connectivity index (χ3n) is 1.89. The number of hydrogen-bond acceptors (Lipinski definition) is 2. The van der Waals surface area contributed by atoms with Gasteiger partial charge in [0.15, 0.2) is 0 Å². The molecular weight excluding hydrogens is 217 g/mol. The first-order chi connectivity index (χ1) is 6.76. The molecule has 0 saturated carbocycles. The van der Waals surface area contributed by atoms with Gasteiger partial charge in [-0.05, 0) is 30.2 Å². The van der Waals surface area contributed by atoms with Crippen LogP contribution in [0.2, 0.25) is 0 Å². The summed E-state index contributed by atoms with van der Waals surface area (Å²) >= 11 is 0. The van der Waals surface area contributed by atoms with Gasteiger partial charge in [0.2, 0.25) is 0 Å². The van der Waals surface area contributed by atoms with Crippen LogP contribution in [-0.4, -0.2) is 13.7 Å². The molecule has 1 aromatic carbocycles. The lowest BCUT2D eigenvalue weighted by Gasteiger charge is -2.01. The molecule has 0 aliphatic carbocycles. The van der Waals surface area contributed by atoms with Crippen molar-refractivity contribution < 1.29 is 9.13 Å². The van der Waals surface area contributed by atoms with E-state index < -0.39 is 0 Å². The molecule has 1 aromatic rings. The van der Waals surface area contributed by atoms with Gasteiger partial charge in [0.25, 0.3) is 0 Å². The van der Waals surface area contributed by atoms with Gasteiger partial charge in [-0.25, -0.2) is 4.39 Å². The molecule has 2 nitrogen and oxygen atoms in total. The van der Waals surface area contributed by atoms with E-state index in [-0.39, 0.29) is 24.8 Å². The number of benzene rings is 1. The molecule has 0 amide bonds. The lowest BCUT2D eigenvalue weighted by molar-refractivity contribution is 0.414. The van der Waals surface area contributed by atoms with Crippen molar-refractivity contribution in [3.05, 3.63) is 41.7 Å². The number of rotatable bonds is 4. The minimum atomic E-state index is -0.284. The monoisotopic (exact) mass is 231 g/mol. The maximum atomic E-state index is 12.7. The molecule has 2 N–H and O–H groups in total. The van der Waals surface area contributed by atoms with Crippen molar-refractivity contribution in [1.29, 1.82) is 0 Å². The molecular formula is C11H15ClFNO. The van der Waals surface area contributed by atoms with Gasteiger partial charge < -0.3 is 10.5 Å². The van der Waals surface area contributed by atoms with Gasteiger partial charge in [-0.2, -0.15) is 0 Å². The smallest absolute Gasteiger partial charge is 0.119 e. The molecule has 0 aliphatic heterocycles. The molecule has 0 aromatic heterocycles. The molecule has 0 radical (unpaired) electrons. The fourth-order valence-electron chi connectivity index (χ4n) is 1.11. The van der Waals surface area contributed by atoms with Gasteiger partial charge in [-0.1, -0.05) is 12.1 Å². The van der Waals surface area contributed by atoms with E-state index in [1.807, 2.05) is 24.3 Å². The van der Waals surface area contributed by atoms with E-state index in [4.69, 9.17) is 10.5 Å². The van der Waals surface area contributed by atoms with Crippen LogP contribution in [-0.2, 0) is 6.42 Å². The number of ether oxygens (including phenoxy) is 1. The number of nitrogens with two attached hydrogens (primary N) is 1. The van der Waals surface area contributed by atoms with Crippen molar-refractivity contribution in [1.82, 2.24) is 0 Å². The molecule has 4 heteroatoms. The van der Waals surface area contributed by atoms with Crippen LogP contribution in [0.3, 0.4) is 0 Å². The molecule has 1 rings (SSSR count). The van der Waals surface area contributed by atoms with Crippen molar-refractivity contribution in [3.63, 3.8) is 0 Å². The number of allylic oxidation sites excluding steroid dienone is 1. The molecule has 84 valence electrons. The van der Waals surface area contributed by atoms with Crippen LogP contribution in [0, 0.1) is 0 Å². The highest BCUT2D eigenvalue weighted by Gasteiger charge is 1.95. The Kier molecular flexibility index (Phi) is 6.75. The average Bonchev–Trinajstić information content (AvgIpc) is 2.26. The summed E-state index contributed by atoms with van der Waals surface area (Å²) in [6, 6.07) is 7.53. The zero-order chi connectivity index (χ0) is 10.4. The summed E-state index contributed by atoms with van der Waals surface area (Å²) in [5, 5.41) is 0. The van der Waals surface area contributed by atoms with E-state index in [0.29, 0.717) is 6.42 Å². The van der Waals surface area contributed by atoms with Gasteiger partial charge in [-0.3, -0.25) is 0 Å². The van der Waals surface area contributed by atoms with Crippen LogP contribution in [0.15, 0.2) is 36.2 Å². The third-order valence-corrected chi connectivity index (χ3v) is 1.89. The predicted molar refractivity (Wildman–Crippen MR) is 62.2 cm³/mol. The lowest BCUT2D eigenvalue weighted by atomic mass is 10.1. The Hall–Kier alpha value is -1.06. The maximum Gasteiger partial charge on any atom is 0.119 e. The van der Waals surface area contributed by atoms with Gasteiger partial charge >= 0.3 is 0 Å². The van der Waals surface area contributed by atoms with Crippen LogP contribution in [0.4, 0.5) is 4.39 Å². The van der Waals surface area contributed by atoms with E-state index in [0.717, 1.165) is 11.3 Å². The Morgan fingerprint density at radius 2 is 2.27 bits per heavy atom. The second kappa shape index (κ2) is 7.26.